The highest BCUT2D eigenvalue weighted by Crippen LogP contribution is 2.23. The molecule has 6 nitrogen and oxygen atoms in total. The van der Waals surface area contributed by atoms with E-state index in [9.17, 15) is 9.59 Å². The molecule has 0 aromatic carbocycles. The predicted octanol–water partition coefficient (Wildman–Crippen LogP) is 1.14. The molecule has 0 unspecified atom stereocenters. The van der Waals surface area contributed by atoms with Crippen LogP contribution in [-0.4, -0.2) is 41.5 Å². The van der Waals surface area contributed by atoms with Crippen molar-refractivity contribution in [3.8, 4) is 0 Å². The van der Waals surface area contributed by atoms with Gasteiger partial charge in [-0.3, -0.25) is 0 Å². The second kappa shape index (κ2) is 5.35. The zero-order valence-electron chi connectivity index (χ0n) is 10.4. The van der Waals surface area contributed by atoms with Crippen molar-refractivity contribution in [1.82, 2.24) is 5.32 Å². The Hall–Kier alpha value is -1.30. The van der Waals surface area contributed by atoms with Gasteiger partial charge in [0.05, 0.1) is 12.1 Å². The average Bonchev–Trinajstić information content (AvgIpc) is 2.09. The molecule has 1 rings (SSSR count). The van der Waals surface area contributed by atoms with Crippen LogP contribution < -0.4 is 5.32 Å². The SMILES string of the molecule is CC(C)(C)OC(=O)N[C@H]1CC[C@H]1OCC(=O)O. The van der Waals surface area contributed by atoms with E-state index in [4.69, 9.17) is 14.6 Å². The molecule has 1 amide bonds. The number of carbonyl (C=O) groups is 2. The van der Waals surface area contributed by atoms with Crippen LogP contribution >= 0.6 is 0 Å². The van der Waals surface area contributed by atoms with Gasteiger partial charge in [0, 0.05) is 0 Å². The summed E-state index contributed by atoms with van der Waals surface area (Å²) in [6.07, 6.45) is 0.821. The summed E-state index contributed by atoms with van der Waals surface area (Å²) in [5.74, 6) is -1.01. The molecule has 2 N–H and O–H groups in total. The Morgan fingerprint density at radius 2 is 2.00 bits per heavy atom. The number of rotatable bonds is 4. The van der Waals surface area contributed by atoms with Crippen molar-refractivity contribution in [3.63, 3.8) is 0 Å². The van der Waals surface area contributed by atoms with E-state index in [1.165, 1.54) is 0 Å². The summed E-state index contributed by atoms with van der Waals surface area (Å²) in [4.78, 5) is 21.8. The zero-order valence-corrected chi connectivity index (χ0v) is 10.4. The Morgan fingerprint density at radius 1 is 1.35 bits per heavy atom. The van der Waals surface area contributed by atoms with E-state index in [0.717, 1.165) is 12.8 Å². The number of hydrogen-bond acceptors (Lipinski definition) is 4. The molecule has 1 fully saturated rings. The molecule has 6 heteroatoms. The van der Waals surface area contributed by atoms with Gasteiger partial charge in [-0.25, -0.2) is 9.59 Å². The lowest BCUT2D eigenvalue weighted by atomic mass is 9.89. The molecule has 0 bridgehead atoms. The van der Waals surface area contributed by atoms with Gasteiger partial charge < -0.3 is 19.9 Å². The van der Waals surface area contributed by atoms with Gasteiger partial charge in [-0.2, -0.15) is 0 Å². The minimum atomic E-state index is -1.01. The van der Waals surface area contributed by atoms with Gasteiger partial charge in [0.25, 0.3) is 0 Å². The molecule has 2 atom stereocenters. The van der Waals surface area contributed by atoms with Crippen LogP contribution in [0.4, 0.5) is 4.79 Å². The molecule has 1 aliphatic carbocycles. The van der Waals surface area contributed by atoms with E-state index < -0.39 is 17.7 Å². The van der Waals surface area contributed by atoms with Crippen molar-refractivity contribution in [3.05, 3.63) is 0 Å². The van der Waals surface area contributed by atoms with Crippen molar-refractivity contribution in [1.29, 1.82) is 0 Å². The first-order valence-electron chi connectivity index (χ1n) is 5.61. The predicted molar refractivity (Wildman–Crippen MR) is 59.8 cm³/mol. The molecule has 1 saturated carbocycles. The molecule has 0 radical (unpaired) electrons. The first-order valence-corrected chi connectivity index (χ1v) is 5.61. The lowest BCUT2D eigenvalue weighted by Crippen LogP contribution is -2.52. The van der Waals surface area contributed by atoms with Gasteiger partial charge in [0.1, 0.15) is 12.2 Å². The van der Waals surface area contributed by atoms with E-state index in [1.54, 1.807) is 20.8 Å². The molecule has 0 heterocycles. The fourth-order valence-corrected chi connectivity index (χ4v) is 1.47. The lowest BCUT2D eigenvalue weighted by molar-refractivity contribution is -0.147. The largest absolute Gasteiger partial charge is 0.480 e. The Bertz CT molecular complexity index is 297. The number of amides is 1. The Labute approximate surface area is 100 Å². The molecule has 17 heavy (non-hydrogen) atoms. The molecule has 98 valence electrons. The third kappa shape index (κ3) is 5.04. The minimum absolute atomic E-state index is 0.149. The second-order valence-electron chi connectivity index (χ2n) is 5.07. The van der Waals surface area contributed by atoms with Crippen LogP contribution in [0.15, 0.2) is 0 Å². The normalized spacial score (nSPS) is 23.7. The standard InChI is InChI=1S/C11H19NO5/c1-11(2,3)17-10(15)12-7-4-5-8(7)16-6-9(13)14/h7-8H,4-6H2,1-3H3,(H,12,15)(H,13,14)/t7-,8+/m0/s1. The summed E-state index contributed by atoms with van der Waals surface area (Å²) >= 11 is 0. The molecule has 0 aromatic heterocycles. The number of hydrogen-bond donors (Lipinski definition) is 2. The van der Waals surface area contributed by atoms with E-state index >= 15 is 0 Å². The van der Waals surface area contributed by atoms with Crippen molar-refractivity contribution in [2.24, 2.45) is 0 Å². The molecule has 1 aliphatic rings. The van der Waals surface area contributed by atoms with E-state index in [2.05, 4.69) is 5.32 Å². The smallest absolute Gasteiger partial charge is 0.407 e. The average molecular weight is 245 g/mol. The van der Waals surface area contributed by atoms with Crippen LogP contribution in [0.5, 0.6) is 0 Å². The van der Waals surface area contributed by atoms with Crippen LogP contribution in [0.3, 0.4) is 0 Å². The Morgan fingerprint density at radius 3 is 2.41 bits per heavy atom. The summed E-state index contributed by atoms with van der Waals surface area (Å²) in [5, 5.41) is 11.1. The number of carboxylic acids is 1. The Balaban J connectivity index is 2.27. The van der Waals surface area contributed by atoms with Crippen LogP contribution in [0.25, 0.3) is 0 Å². The third-order valence-electron chi connectivity index (χ3n) is 2.33. The fourth-order valence-electron chi connectivity index (χ4n) is 1.47. The van der Waals surface area contributed by atoms with Gasteiger partial charge in [-0.05, 0) is 33.6 Å². The third-order valence-corrected chi connectivity index (χ3v) is 2.33. The number of carboxylic acid groups (broad SMARTS) is 1. The van der Waals surface area contributed by atoms with Crippen LogP contribution in [0.2, 0.25) is 0 Å². The first kappa shape index (κ1) is 13.8. The summed E-state index contributed by atoms with van der Waals surface area (Å²) in [7, 11) is 0. The fraction of sp³-hybridized carbons (Fsp3) is 0.818. The molecular formula is C11H19NO5. The highest BCUT2D eigenvalue weighted by Gasteiger charge is 2.34. The van der Waals surface area contributed by atoms with Crippen molar-refractivity contribution in [2.75, 3.05) is 6.61 Å². The number of nitrogens with one attached hydrogen (secondary N) is 1. The topological polar surface area (TPSA) is 84.9 Å². The number of carbonyl (C=O) groups excluding carboxylic acids is 1. The molecular weight excluding hydrogens is 226 g/mol. The summed E-state index contributed by atoms with van der Waals surface area (Å²) in [6, 6.07) is -0.149. The van der Waals surface area contributed by atoms with Gasteiger partial charge >= 0.3 is 12.1 Å². The minimum Gasteiger partial charge on any atom is -0.480 e. The Kier molecular flexibility index (Phi) is 4.34. The maximum atomic E-state index is 11.4. The lowest BCUT2D eigenvalue weighted by Gasteiger charge is -2.36. The number of ether oxygens (including phenoxy) is 2. The highest BCUT2D eigenvalue weighted by molar-refractivity contribution is 5.69. The van der Waals surface area contributed by atoms with Gasteiger partial charge in [-0.15, -0.1) is 0 Å². The molecule has 0 aliphatic heterocycles. The van der Waals surface area contributed by atoms with Crippen molar-refractivity contribution < 1.29 is 24.2 Å². The van der Waals surface area contributed by atoms with Crippen molar-refractivity contribution >= 4 is 12.1 Å². The summed E-state index contributed by atoms with van der Waals surface area (Å²) < 4.78 is 10.2. The molecule has 0 spiro atoms. The monoisotopic (exact) mass is 245 g/mol. The number of aliphatic carboxylic acids is 1. The maximum absolute atomic E-state index is 11.4. The van der Waals surface area contributed by atoms with Crippen LogP contribution in [-0.2, 0) is 14.3 Å². The zero-order chi connectivity index (χ0) is 13.1. The quantitative estimate of drug-likeness (QED) is 0.776. The summed E-state index contributed by atoms with van der Waals surface area (Å²) in [6.45, 7) is 5.01. The van der Waals surface area contributed by atoms with Crippen molar-refractivity contribution in [2.45, 2.75) is 51.4 Å². The van der Waals surface area contributed by atoms with E-state index in [-0.39, 0.29) is 18.8 Å². The second-order valence-corrected chi connectivity index (χ2v) is 5.07. The van der Waals surface area contributed by atoms with Crippen LogP contribution in [0.1, 0.15) is 33.6 Å². The van der Waals surface area contributed by atoms with E-state index in [1.807, 2.05) is 0 Å². The molecule has 0 saturated heterocycles. The van der Waals surface area contributed by atoms with Gasteiger partial charge in [-0.1, -0.05) is 0 Å². The van der Waals surface area contributed by atoms with Gasteiger partial charge in [0.15, 0.2) is 0 Å². The molecule has 0 aromatic rings. The highest BCUT2D eigenvalue weighted by atomic mass is 16.6. The van der Waals surface area contributed by atoms with Crippen LogP contribution in [0, 0.1) is 0 Å². The summed E-state index contributed by atoms with van der Waals surface area (Å²) in [5.41, 5.74) is -0.536. The maximum Gasteiger partial charge on any atom is 0.407 e. The number of alkyl carbamates (subject to hydrolysis) is 1. The first-order chi connectivity index (χ1) is 7.78. The van der Waals surface area contributed by atoms with E-state index in [0.29, 0.717) is 0 Å². The van der Waals surface area contributed by atoms with Gasteiger partial charge in [0.2, 0.25) is 0 Å².